The van der Waals surface area contributed by atoms with Crippen molar-refractivity contribution in [1.82, 2.24) is 9.62 Å². The van der Waals surface area contributed by atoms with Crippen LogP contribution in [-0.4, -0.2) is 43.5 Å². The van der Waals surface area contributed by atoms with Crippen LogP contribution < -0.4 is 5.32 Å². The molecule has 1 amide bonds. The zero-order chi connectivity index (χ0) is 10.9. The number of hydrogen-bond donors (Lipinski definition) is 1. The first-order valence-corrected chi connectivity index (χ1v) is 6.98. The van der Waals surface area contributed by atoms with Gasteiger partial charge in [0.25, 0.3) is 0 Å². The van der Waals surface area contributed by atoms with Crippen molar-refractivity contribution in [3.63, 3.8) is 0 Å². The molecule has 86 valence electrons. The summed E-state index contributed by atoms with van der Waals surface area (Å²) in [7, 11) is -3.32. The molecule has 6 heteroatoms. The Kier molecular flexibility index (Phi) is 2.97. The van der Waals surface area contributed by atoms with Gasteiger partial charge in [0.15, 0.2) is 0 Å². The number of carbonyl (C=O) groups excluding carboxylic acids is 1. The lowest BCUT2D eigenvalue weighted by Gasteiger charge is -2.35. The Hall–Kier alpha value is -0.620. The van der Waals surface area contributed by atoms with E-state index in [1.807, 2.05) is 0 Å². The Morgan fingerprint density at radius 1 is 1.27 bits per heavy atom. The van der Waals surface area contributed by atoms with Gasteiger partial charge in [-0.05, 0) is 32.4 Å². The number of nitrogens with one attached hydrogen (secondary N) is 1. The smallest absolute Gasteiger partial charge is 0.237 e. The van der Waals surface area contributed by atoms with E-state index in [1.165, 1.54) is 0 Å². The number of carbonyl (C=O) groups is 1. The molecule has 0 radical (unpaired) electrons. The van der Waals surface area contributed by atoms with Gasteiger partial charge in [-0.3, -0.25) is 4.79 Å². The SMILES string of the molecule is O=C1CCCS(=O)(=O)N1C1CCNCC1. The molecule has 5 nitrogen and oxygen atoms in total. The fourth-order valence-electron chi connectivity index (χ4n) is 2.24. The largest absolute Gasteiger partial charge is 0.317 e. The monoisotopic (exact) mass is 232 g/mol. The van der Waals surface area contributed by atoms with Gasteiger partial charge < -0.3 is 5.32 Å². The quantitative estimate of drug-likeness (QED) is 0.673. The normalized spacial score (nSPS) is 28.0. The third-order valence-electron chi connectivity index (χ3n) is 2.98. The number of hydrogen-bond acceptors (Lipinski definition) is 4. The highest BCUT2D eigenvalue weighted by atomic mass is 32.2. The Labute approximate surface area is 89.9 Å². The molecule has 0 aromatic rings. The highest BCUT2D eigenvalue weighted by Crippen LogP contribution is 2.22. The number of nitrogens with zero attached hydrogens (tertiary/aromatic N) is 1. The Morgan fingerprint density at radius 3 is 2.53 bits per heavy atom. The molecule has 0 unspecified atom stereocenters. The molecule has 0 spiro atoms. The van der Waals surface area contributed by atoms with E-state index < -0.39 is 10.0 Å². The molecule has 0 aromatic carbocycles. The van der Waals surface area contributed by atoms with E-state index in [4.69, 9.17) is 0 Å². The summed E-state index contributed by atoms with van der Waals surface area (Å²) in [6, 6.07) is -0.107. The fraction of sp³-hybridized carbons (Fsp3) is 0.889. The first-order chi connectivity index (χ1) is 7.11. The van der Waals surface area contributed by atoms with Crippen LogP contribution >= 0.6 is 0 Å². The average Bonchev–Trinajstić information content (AvgIpc) is 2.17. The maximum atomic E-state index is 11.8. The standard InChI is InChI=1S/C9H16N2O3S/c12-9-2-1-7-15(13,14)11(9)8-3-5-10-6-4-8/h8,10H,1-7H2. The van der Waals surface area contributed by atoms with E-state index in [0.29, 0.717) is 12.8 Å². The topological polar surface area (TPSA) is 66.5 Å². The zero-order valence-electron chi connectivity index (χ0n) is 8.61. The molecule has 15 heavy (non-hydrogen) atoms. The lowest BCUT2D eigenvalue weighted by molar-refractivity contribution is -0.128. The van der Waals surface area contributed by atoms with Crippen LogP contribution in [0.5, 0.6) is 0 Å². The summed E-state index contributed by atoms with van der Waals surface area (Å²) >= 11 is 0. The van der Waals surface area contributed by atoms with Gasteiger partial charge in [0.05, 0.1) is 11.8 Å². The number of sulfonamides is 1. The van der Waals surface area contributed by atoms with Gasteiger partial charge in [0, 0.05) is 6.42 Å². The maximum absolute atomic E-state index is 11.8. The van der Waals surface area contributed by atoms with Crippen LogP contribution in [0.25, 0.3) is 0 Å². The van der Waals surface area contributed by atoms with E-state index in [0.717, 1.165) is 30.2 Å². The van der Waals surface area contributed by atoms with Gasteiger partial charge in [0.1, 0.15) is 0 Å². The van der Waals surface area contributed by atoms with Crippen molar-refractivity contribution in [2.75, 3.05) is 18.8 Å². The van der Waals surface area contributed by atoms with Gasteiger partial charge in [-0.2, -0.15) is 0 Å². The third-order valence-corrected chi connectivity index (χ3v) is 4.88. The summed E-state index contributed by atoms with van der Waals surface area (Å²) < 4.78 is 24.7. The summed E-state index contributed by atoms with van der Waals surface area (Å²) in [4.78, 5) is 11.6. The molecular formula is C9H16N2O3S. The Bertz CT molecular complexity index is 346. The Balaban J connectivity index is 2.19. The summed E-state index contributed by atoms with van der Waals surface area (Å²) in [5.74, 6) is -0.0870. The highest BCUT2D eigenvalue weighted by molar-refractivity contribution is 7.89. The van der Waals surface area contributed by atoms with Gasteiger partial charge >= 0.3 is 0 Å². The minimum absolute atomic E-state index is 0.107. The summed E-state index contributed by atoms with van der Waals surface area (Å²) in [6.07, 6.45) is 2.34. The zero-order valence-corrected chi connectivity index (χ0v) is 9.42. The first-order valence-electron chi connectivity index (χ1n) is 5.37. The lowest BCUT2D eigenvalue weighted by atomic mass is 10.1. The first kappa shape index (κ1) is 10.9. The van der Waals surface area contributed by atoms with Crippen molar-refractivity contribution in [3.05, 3.63) is 0 Å². The summed E-state index contributed by atoms with van der Waals surface area (Å²) in [5, 5.41) is 3.16. The Morgan fingerprint density at radius 2 is 1.93 bits per heavy atom. The van der Waals surface area contributed by atoms with Crippen molar-refractivity contribution in [1.29, 1.82) is 0 Å². The van der Waals surface area contributed by atoms with E-state index in [2.05, 4.69) is 5.32 Å². The van der Waals surface area contributed by atoms with Crippen molar-refractivity contribution in [2.45, 2.75) is 31.7 Å². The number of piperidine rings is 1. The van der Waals surface area contributed by atoms with Crippen molar-refractivity contribution < 1.29 is 13.2 Å². The predicted octanol–water partition coefficient (Wildman–Crippen LogP) is -0.309. The van der Waals surface area contributed by atoms with Gasteiger partial charge in [-0.1, -0.05) is 0 Å². The molecule has 2 rings (SSSR count). The van der Waals surface area contributed by atoms with Crippen LogP contribution in [0.2, 0.25) is 0 Å². The molecule has 0 aromatic heterocycles. The molecule has 2 heterocycles. The van der Waals surface area contributed by atoms with Crippen LogP contribution in [0.4, 0.5) is 0 Å². The molecule has 2 saturated heterocycles. The second kappa shape index (κ2) is 4.09. The fourth-order valence-corrected chi connectivity index (χ4v) is 4.01. The number of amides is 1. The van der Waals surface area contributed by atoms with Crippen LogP contribution in [0.1, 0.15) is 25.7 Å². The van der Waals surface area contributed by atoms with Crippen LogP contribution in [-0.2, 0) is 14.8 Å². The minimum Gasteiger partial charge on any atom is -0.317 e. The van der Waals surface area contributed by atoms with E-state index in [1.54, 1.807) is 0 Å². The number of rotatable bonds is 1. The van der Waals surface area contributed by atoms with Crippen molar-refractivity contribution in [2.24, 2.45) is 0 Å². The van der Waals surface area contributed by atoms with E-state index in [-0.39, 0.29) is 17.7 Å². The molecule has 0 aliphatic carbocycles. The van der Waals surface area contributed by atoms with Crippen LogP contribution in [0.15, 0.2) is 0 Å². The summed E-state index contributed by atoms with van der Waals surface area (Å²) in [5.41, 5.74) is 0. The highest BCUT2D eigenvalue weighted by Gasteiger charge is 2.37. The lowest BCUT2D eigenvalue weighted by Crippen LogP contribution is -2.51. The molecule has 0 atom stereocenters. The molecule has 0 bridgehead atoms. The van der Waals surface area contributed by atoms with Crippen molar-refractivity contribution >= 4 is 15.9 Å². The van der Waals surface area contributed by atoms with Gasteiger partial charge in [-0.25, -0.2) is 12.7 Å². The van der Waals surface area contributed by atoms with Crippen LogP contribution in [0.3, 0.4) is 0 Å². The van der Waals surface area contributed by atoms with Crippen molar-refractivity contribution in [3.8, 4) is 0 Å². The van der Waals surface area contributed by atoms with Gasteiger partial charge in [-0.15, -0.1) is 0 Å². The van der Waals surface area contributed by atoms with E-state index in [9.17, 15) is 13.2 Å². The van der Waals surface area contributed by atoms with Crippen LogP contribution in [0, 0.1) is 0 Å². The summed E-state index contributed by atoms with van der Waals surface area (Å²) in [6.45, 7) is 1.59. The second-order valence-corrected chi connectivity index (χ2v) is 6.06. The average molecular weight is 232 g/mol. The predicted molar refractivity (Wildman–Crippen MR) is 55.8 cm³/mol. The third kappa shape index (κ3) is 2.15. The molecule has 1 N–H and O–H groups in total. The minimum atomic E-state index is -3.32. The molecule has 2 aliphatic rings. The molecule has 0 saturated carbocycles. The second-order valence-electron chi connectivity index (χ2n) is 4.09. The van der Waals surface area contributed by atoms with E-state index >= 15 is 0 Å². The molecular weight excluding hydrogens is 216 g/mol. The maximum Gasteiger partial charge on any atom is 0.237 e. The molecule has 2 fully saturated rings. The van der Waals surface area contributed by atoms with Gasteiger partial charge in [0.2, 0.25) is 15.9 Å². The molecule has 2 aliphatic heterocycles.